The molecule has 0 spiro atoms. The van der Waals surface area contributed by atoms with Gasteiger partial charge in [0, 0.05) is 31.1 Å². The lowest BCUT2D eigenvalue weighted by Crippen LogP contribution is -2.41. The summed E-state index contributed by atoms with van der Waals surface area (Å²) < 4.78 is 0. The lowest BCUT2D eigenvalue weighted by Gasteiger charge is -2.31. The second-order valence-electron chi connectivity index (χ2n) is 6.94. The van der Waals surface area contributed by atoms with Crippen LogP contribution in [0.1, 0.15) is 30.4 Å². The van der Waals surface area contributed by atoms with E-state index in [-0.39, 0.29) is 17.7 Å². The summed E-state index contributed by atoms with van der Waals surface area (Å²) in [6, 6.07) is 16.8. The number of hydrogen-bond acceptors (Lipinski definition) is 3. The SMILES string of the molecule is N#Cc1cc(NC(=O)C2CCN(C(=O)CCc3ccccc3)CC2)ccc1Cl. The Bertz CT molecular complexity index is 884. The number of nitrogens with zero attached hydrogens (tertiary/aromatic N) is 2. The number of benzene rings is 2. The van der Waals surface area contributed by atoms with Crippen molar-refractivity contribution in [2.45, 2.75) is 25.7 Å². The quantitative estimate of drug-likeness (QED) is 0.830. The number of anilines is 1. The molecule has 144 valence electrons. The average Bonchev–Trinajstić information content (AvgIpc) is 2.74. The molecule has 1 heterocycles. The first-order valence-corrected chi connectivity index (χ1v) is 9.77. The molecule has 5 nitrogen and oxygen atoms in total. The molecule has 0 unspecified atom stereocenters. The van der Waals surface area contributed by atoms with Crippen molar-refractivity contribution in [1.29, 1.82) is 5.26 Å². The molecule has 1 aliphatic rings. The van der Waals surface area contributed by atoms with Gasteiger partial charge >= 0.3 is 0 Å². The maximum atomic E-state index is 12.5. The number of hydrogen-bond donors (Lipinski definition) is 1. The zero-order chi connectivity index (χ0) is 19.9. The Balaban J connectivity index is 1.47. The highest BCUT2D eigenvalue weighted by Crippen LogP contribution is 2.23. The number of nitriles is 1. The predicted molar refractivity (Wildman–Crippen MR) is 109 cm³/mol. The number of amides is 2. The summed E-state index contributed by atoms with van der Waals surface area (Å²) in [4.78, 5) is 26.8. The molecular formula is C22H22ClN3O2. The molecule has 0 radical (unpaired) electrons. The summed E-state index contributed by atoms with van der Waals surface area (Å²) >= 11 is 5.92. The van der Waals surface area contributed by atoms with Crippen molar-refractivity contribution in [2.24, 2.45) is 5.92 Å². The van der Waals surface area contributed by atoms with Crippen LogP contribution < -0.4 is 5.32 Å². The van der Waals surface area contributed by atoms with Crippen LogP contribution in [0.5, 0.6) is 0 Å². The van der Waals surface area contributed by atoms with Gasteiger partial charge < -0.3 is 10.2 Å². The number of carbonyl (C=O) groups excluding carboxylic acids is 2. The Morgan fingerprint density at radius 2 is 1.86 bits per heavy atom. The number of rotatable bonds is 5. The third-order valence-electron chi connectivity index (χ3n) is 5.04. The van der Waals surface area contributed by atoms with Gasteiger partial charge in [-0.3, -0.25) is 9.59 Å². The summed E-state index contributed by atoms with van der Waals surface area (Å²) in [6.07, 6.45) is 2.50. The van der Waals surface area contributed by atoms with Crippen LogP contribution in [0.2, 0.25) is 5.02 Å². The monoisotopic (exact) mass is 395 g/mol. The first-order valence-electron chi connectivity index (χ1n) is 9.39. The Labute approximate surface area is 169 Å². The fourth-order valence-electron chi connectivity index (χ4n) is 3.38. The van der Waals surface area contributed by atoms with Crippen LogP contribution in [-0.2, 0) is 16.0 Å². The van der Waals surface area contributed by atoms with Crippen molar-refractivity contribution in [3.05, 3.63) is 64.7 Å². The minimum absolute atomic E-state index is 0.0809. The molecule has 1 fully saturated rings. The van der Waals surface area contributed by atoms with Crippen LogP contribution in [0, 0.1) is 17.2 Å². The molecule has 2 amide bonds. The van der Waals surface area contributed by atoms with E-state index in [0.29, 0.717) is 48.6 Å². The van der Waals surface area contributed by atoms with E-state index in [1.54, 1.807) is 18.2 Å². The summed E-state index contributed by atoms with van der Waals surface area (Å²) in [7, 11) is 0. The molecule has 2 aromatic rings. The van der Waals surface area contributed by atoms with Crippen molar-refractivity contribution in [3.8, 4) is 6.07 Å². The summed E-state index contributed by atoms with van der Waals surface area (Å²) in [5, 5.41) is 12.3. The van der Waals surface area contributed by atoms with E-state index < -0.39 is 0 Å². The van der Waals surface area contributed by atoms with E-state index in [9.17, 15) is 9.59 Å². The van der Waals surface area contributed by atoms with E-state index in [1.807, 2.05) is 41.3 Å². The Morgan fingerprint density at radius 1 is 1.14 bits per heavy atom. The number of piperidine rings is 1. The number of carbonyl (C=O) groups is 2. The van der Waals surface area contributed by atoms with Gasteiger partial charge in [-0.15, -0.1) is 0 Å². The van der Waals surface area contributed by atoms with Crippen LogP contribution in [0.4, 0.5) is 5.69 Å². The van der Waals surface area contributed by atoms with Gasteiger partial charge in [-0.05, 0) is 43.0 Å². The smallest absolute Gasteiger partial charge is 0.227 e. The topological polar surface area (TPSA) is 73.2 Å². The molecule has 3 rings (SSSR count). The van der Waals surface area contributed by atoms with Crippen molar-refractivity contribution >= 4 is 29.1 Å². The standard InChI is InChI=1S/C22H22ClN3O2/c23-20-8-7-19(14-18(20)15-24)25-22(28)17-10-12-26(13-11-17)21(27)9-6-16-4-2-1-3-5-16/h1-5,7-8,14,17H,6,9-13H2,(H,25,28). The molecular weight excluding hydrogens is 374 g/mol. The number of likely N-dealkylation sites (tertiary alicyclic amines) is 1. The summed E-state index contributed by atoms with van der Waals surface area (Å²) in [5.74, 6) is -0.0824. The molecule has 0 bridgehead atoms. The lowest BCUT2D eigenvalue weighted by molar-refractivity contribution is -0.134. The average molecular weight is 396 g/mol. The van der Waals surface area contributed by atoms with E-state index in [4.69, 9.17) is 16.9 Å². The summed E-state index contributed by atoms with van der Waals surface area (Å²) in [6.45, 7) is 1.19. The Hall–Kier alpha value is -2.84. The molecule has 0 saturated carbocycles. The minimum Gasteiger partial charge on any atom is -0.343 e. The summed E-state index contributed by atoms with van der Waals surface area (Å²) in [5.41, 5.74) is 2.05. The van der Waals surface area contributed by atoms with Gasteiger partial charge in [-0.25, -0.2) is 0 Å². The second kappa shape index (κ2) is 9.38. The van der Waals surface area contributed by atoms with Gasteiger partial charge in [0.2, 0.25) is 11.8 Å². The van der Waals surface area contributed by atoms with E-state index in [0.717, 1.165) is 12.0 Å². The highest BCUT2D eigenvalue weighted by atomic mass is 35.5. The highest BCUT2D eigenvalue weighted by Gasteiger charge is 2.27. The highest BCUT2D eigenvalue weighted by molar-refractivity contribution is 6.31. The van der Waals surface area contributed by atoms with Crippen molar-refractivity contribution < 1.29 is 9.59 Å². The van der Waals surface area contributed by atoms with Gasteiger partial charge in [0.25, 0.3) is 0 Å². The van der Waals surface area contributed by atoms with Gasteiger partial charge in [0.15, 0.2) is 0 Å². The van der Waals surface area contributed by atoms with Crippen LogP contribution in [0.15, 0.2) is 48.5 Å². The third kappa shape index (κ3) is 5.11. The molecule has 1 aliphatic heterocycles. The first kappa shape index (κ1) is 19.9. The van der Waals surface area contributed by atoms with Crippen LogP contribution in [0.3, 0.4) is 0 Å². The lowest BCUT2D eigenvalue weighted by atomic mass is 9.95. The van der Waals surface area contributed by atoms with E-state index in [1.165, 1.54) is 0 Å². The number of aryl methyl sites for hydroxylation is 1. The molecule has 0 atom stereocenters. The van der Waals surface area contributed by atoms with Gasteiger partial charge in [0.1, 0.15) is 6.07 Å². The molecule has 1 N–H and O–H groups in total. The van der Waals surface area contributed by atoms with E-state index >= 15 is 0 Å². The van der Waals surface area contributed by atoms with Crippen LogP contribution >= 0.6 is 11.6 Å². The maximum Gasteiger partial charge on any atom is 0.227 e. The molecule has 0 aromatic heterocycles. The van der Waals surface area contributed by atoms with Crippen LogP contribution in [0.25, 0.3) is 0 Å². The Morgan fingerprint density at radius 3 is 2.54 bits per heavy atom. The normalized spacial score (nSPS) is 14.4. The van der Waals surface area contributed by atoms with Gasteiger partial charge in [-0.2, -0.15) is 5.26 Å². The third-order valence-corrected chi connectivity index (χ3v) is 5.37. The van der Waals surface area contributed by atoms with Crippen molar-refractivity contribution in [3.63, 3.8) is 0 Å². The van der Waals surface area contributed by atoms with Crippen LogP contribution in [-0.4, -0.2) is 29.8 Å². The number of nitrogens with one attached hydrogen (secondary N) is 1. The number of halogens is 1. The van der Waals surface area contributed by atoms with Gasteiger partial charge in [0.05, 0.1) is 10.6 Å². The van der Waals surface area contributed by atoms with E-state index in [2.05, 4.69) is 5.32 Å². The predicted octanol–water partition coefficient (Wildman–Crippen LogP) is 4.02. The first-order chi connectivity index (χ1) is 13.6. The fourth-order valence-corrected chi connectivity index (χ4v) is 3.54. The zero-order valence-electron chi connectivity index (χ0n) is 15.5. The Kier molecular flexibility index (Phi) is 6.67. The largest absolute Gasteiger partial charge is 0.343 e. The second-order valence-corrected chi connectivity index (χ2v) is 7.34. The zero-order valence-corrected chi connectivity index (χ0v) is 16.3. The van der Waals surface area contributed by atoms with Crippen molar-refractivity contribution in [1.82, 2.24) is 4.90 Å². The molecule has 0 aliphatic carbocycles. The van der Waals surface area contributed by atoms with Gasteiger partial charge in [-0.1, -0.05) is 41.9 Å². The fraction of sp³-hybridized carbons (Fsp3) is 0.318. The molecule has 28 heavy (non-hydrogen) atoms. The maximum absolute atomic E-state index is 12.5. The molecule has 1 saturated heterocycles. The minimum atomic E-state index is -0.139. The molecule has 2 aromatic carbocycles. The molecule has 6 heteroatoms. The van der Waals surface area contributed by atoms with Crippen molar-refractivity contribution in [2.75, 3.05) is 18.4 Å².